The molecule has 24 heavy (non-hydrogen) atoms. The zero-order chi connectivity index (χ0) is 16.5. The van der Waals surface area contributed by atoms with Crippen molar-refractivity contribution in [3.63, 3.8) is 0 Å². The van der Waals surface area contributed by atoms with Crippen molar-refractivity contribution >= 4 is 5.91 Å². The Morgan fingerprint density at radius 1 is 1.17 bits per heavy atom. The molecule has 3 heterocycles. The molecule has 2 aliphatic rings. The van der Waals surface area contributed by atoms with Gasteiger partial charge in [0.15, 0.2) is 5.69 Å². The number of rotatable bonds is 2. The van der Waals surface area contributed by atoms with Gasteiger partial charge in [-0.05, 0) is 19.2 Å². The van der Waals surface area contributed by atoms with Gasteiger partial charge in [-0.1, -0.05) is 23.4 Å². The molecule has 2 bridgehead atoms. The monoisotopic (exact) mass is 327 g/mol. The van der Waals surface area contributed by atoms with Crippen LogP contribution in [0.4, 0.5) is 0 Å². The lowest BCUT2D eigenvalue weighted by Crippen LogP contribution is -2.46. The summed E-state index contributed by atoms with van der Waals surface area (Å²) in [5, 5.41) is 8.07. The molecule has 2 aliphatic heterocycles. The van der Waals surface area contributed by atoms with Crippen LogP contribution >= 0.6 is 0 Å². The van der Waals surface area contributed by atoms with Gasteiger partial charge >= 0.3 is 0 Å². The number of fused-ring (bicyclic) bond motifs is 3. The number of carbonyl (C=O) groups is 1. The molecule has 0 unspecified atom stereocenters. The SMILES string of the molecule is CN1C[C@@H]2COC[C@H](C1)N(C(=O)c1cnnn1-c1ccccc1)C2. The van der Waals surface area contributed by atoms with Crippen molar-refractivity contribution in [1.29, 1.82) is 0 Å². The van der Waals surface area contributed by atoms with Gasteiger partial charge in [0.2, 0.25) is 0 Å². The quantitative estimate of drug-likeness (QED) is 0.811. The summed E-state index contributed by atoms with van der Waals surface area (Å²) >= 11 is 0. The van der Waals surface area contributed by atoms with E-state index in [2.05, 4.69) is 22.3 Å². The van der Waals surface area contributed by atoms with Crippen molar-refractivity contribution in [2.24, 2.45) is 5.92 Å². The van der Waals surface area contributed by atoms with Crippen LogP contribution < -0.4 is 0 Å². The number of hydrogen-bond donors (Lipinski definition) is 0. The van der Waals surface area contributed by atoms with Gasteiger partial charge in [0.1, 0.15) is 0 Å². The van der Waals surface area contributed by atoms with Crippen LogP contribution in [0.2, 0.25) is 0 Å². The summed E-state index contributed by atoms with van der Waals surface area (Å²) in [4.78, 5) is 17.4. The van der Waals surface area contributed by atoms with Crippen molar-refractivity contribution in [2.45, 2.75) is 6.04 Å². The number of nitrogens with zero attached hydrogens (tertiary/aromatic N) is 5. The van der Waals surface area contributed by atoms with Gasteiger partial charge in [-0.3, -0.25) is 4.79 Å². The summed E-state index contributed by atoms with van der Waals surface area (Å²) < 4.78 is 7.38. The van der Waals surface area contributed by atoms with Crippen molar-refractivity contribution < 1.29 is 9.53 Å². The van der Waals surface area contributed by atoms with E-state index in [0.717, 1.165) is 18.8 Å². The highest BCUT2D eigenvalue weighted by Gasteiger charge is 2.36. The molecule has 0 saturated carbocycles. The molecule has 2 aromatic rings. The molecule has 1 aromatic heterocycles. The molecule has 7 heteroatoms. The molecule has 1 amide bonds. The molecule has 126 valence electrons. The highest BCUT2D eigenvalue weighted by Crippen LogP contribution is 2.21. The van der Waals surface area contributed by atoms with Gasteiger partial charge in [0, 0.05) is 25.6 Å². The van der Waals surface area contributed by atoms with E-state index in [-0.39, 0.29) is 11.9 Å². The second-order valence-corrected chi connectivity index (χ2v) is 6.60. The minimum atomic E-state index is -0.0281. The van der Waals surface area contributed by atoms with Crippen molar-refractivity contribution in [1.82, 2.24) is 24.8 Å². The molecule has 2 fully saturated rings. The third-order valence-corrected chi connectivity index (χ3v) is 4.68. The Kier molecular flexibility index (Phi) is 4.03. The van der Waals surface area contributed by atoms with E-state index in [4.69, 9.17) is 4.74 Å². The van der Waals surface area contributed by atoms with Crippen LogP contribution in [-0.2, 0) is 4.74 Å². The fourth-order valence-electron chi connectivity index (χ4n) is 3.61. The first kappa shape index (κ1) is 15.3. The average Bonchev–Trinajstić information content (AvgIpc) is 2.91. The number of likely N-dealkylation sites (N-methyl/N-ethyl adjacent to an activating group) is 1. The van der Waals surface area contributed by atoms with Crippen LogP contribution in [-0.4, -0.2) is 76.6 Å². The van der Waals surface area contributed by atoms with Crippen LogP contribution in [0, 0.1) is 5.92 Å². The number of benzene rings is 1. The minimum Gasteiger partial charge on any atom is -0.379 e. The highest BCUT2D eigenvalue weighted by atomic mass is 16.5. The van der Waals surface area contributed by atoms with Gasteiger partial charge in [-0.2, -0.15) is 0 Å². The number of hydrogen-bond acceptors (Lipinski definition) is 5. The van der Waals surface area contributed by atoms with Crippen molar-refractivity contribution in [3.05, 3.63) is 42.2 Å². The number of carbonyl (C=O) groups excluding carboxylic acids is 1. The van der Waals surface area contributed by atoms with Crippen LogP contribution in [0.1, 0.15) is 10.5 Å². The van der Waals surface area contributed by atoms with Crippen LogP contribution in [0.3, 0.4) is 0 Å². The zero-order valence-electron chi connectivity index (χ0n) is 13.7. The molecule has 0 aliphatic carbocycles. The van der Waals surface area contributed by atoms with E-state index in [0.29, 0.717) is 31.4 Å². The summed E-state index contributed by atoms with van der Waals surface area (Å²) in [6.07, 6.45) is 1.55. The Balaban J connectivity index is 1.66. The van der Waals surface area contributed by atoms with Crippen LogP contribution in [0.5, 0.6) is 0 Å². The first-order valence-corrected chi connectivity index (χ1v) is 8.26. The van der Waals surface area contributed by atoms with Gasteiger partial charge in [-0.25, -0.2) is 4.68 Å². The van der Waals surface area contributed by atoms with E-state index in [9.17, 15) is 4.79 Å². The van der Waals surface area contributed by atoms with Gasteiger partial charge < -0.3 is 14.5 Å². The molecule has 1 aromatic carbocycles. The molecule has 0 N–H and O–H groups in total. The first-order chi connectivity index (χ1) is 11.7. The first-order valence-electron chi connectivity index (χ1n) is 8.26. The number of aromatic nitrogens is 3. The maximum absolute atomic E-state index is 13.2. The summed E-state index contributed by atoms with van der Waals surface area (Å²) in [6.45, 7) is 3.79. The Morgan fingerprint density at radius 3 is 2.83 bits per heavy atom. The largest absolute Gasteiger partial charge is 0.379 e. The lowest BCUT2D eigenvalue weighted by Gasteiger charge is -2.29. The van der Waals surface area contributed by atoms with E-state index in [1.807, 2.05) is 35.2 Å². The maximum atomic E-state index is 13.2. The third-order valence-electron chi connectivity index (χ3n) is 4.68. The van der Waals surface area contributed by atoms with Gasteiger partial charge in [0.05, 0.1) is 31.1 Å². The number of ether oxygens (including phenoxy) is 1. The molecule has 0 spiro atoms. The van der Waals surface area contributed by atoms with Gasteiger partial charge in [-0.15, -0.1) is 5.10 Å². The Morgan fingerprint density at radius 2 is 2.00 bits per heavy atom. The summed E-state index contributed by atoms with van der Waals surface area (Å²) in [7, 11) is 2.11. The van der Waals surface area contributed by atoms with E-state index < -0.39 is 0 Å². The van der Waals surface area contributed by atoms with E-state index in [1.165, 1.54) is 0 Å². The average molecular weight is 327 g/mol. The molecule has 4 rings (SSSR count). The molecule has 2 atom stereocenters. The van der Waals surface area contributed by atoms with Crippen molar-refractivity contribution in [3.8, 4) is 5.69 Å². The lowest BCUT2D eigenvalue weighted by atomic mass is 10.1. The molecule has 7 nitrogen and oxygen atoms in total. The second-order valence-electron chi connectivity index (χ2n) is 6.60. The third kappa shape index (κ3) is 2.81. The Bertz CT molecular complexity index is 717. The fourth-order valence-corrected chi connectivity index (χ4v) is 3.61. The van der Waals surface area contributed by atoms with Gasteiger partial charge in [0.25, 0.3) is 5.91 Å². The number of para-hydroxylation sites is 1. The smallest absolute Gasteiger partial charge is 0.274 e. The predicted molar refractivity (Wildman–Crippen MR) is 88.0 cm³/mol. The normalized spacial score (nSPS) is 24.6. The van der Waals surface area contributed by atoms with Crippen LogP contribution in [0.25, 0.3) is 5.69 Å². The molecule has 2 saturated heterocycles. The van der Waals surface area contributed by atoms with E-state index in [1.54, 1.807) is 10.9 Å². The maximum Gasteiger partial charge on any atom is 0.274 e. The topological polar surface area (TPSA) is 63.5 Å². The predicted octanol–water partition coefficient (Wildman–Crippen LogP) is 0.670. The zero-order valence-corrected chi connectivity index (χ0v) is 13.7. The molecular formula is C17H21N5O2. The number of amides is 1. The second kappa shape index (κ2) is 6.33. The van der Waals surface area contributed by atoms with E-state index >= 15 is 0 Å². The summed E-state index contributed by atoms with van der Waals surface area (Å²) in [6, 6.07) is 9.69. The Labute approximate surface area is 140 Å². The Hall–Kier alpha value is -2.25. The van der Waals surface area contributed by atoms with Crippen LogP contribution in [0.15, 0.2) is 36.5 Å². The highest BCUT2D eigenvalue weighted by molar-refractivity contribution is 5.93. The van der Waals surface area contributed by atoms with Crippen molar-refractivity contribution in [2.75, 3.05) is 39.9 Å². The summed E-state index contributed by atoms with van der Waals surface area (Å²) in [5.41, 5.74) is 1.33. The standard InChI is InChI=1S/C17H21N5O2/c1-20-8-13-9-21(15(10-20)12-24-11-13)17(23)16-7-18-19-22(16)14-5-3-2-4-6-14/h2-7,13,15H,8-12H2,1H3/t13-,15-/m0/s1. The summed E-state index contributed by atoms with van der Waals surface area (Å²) in [5.74, 6) is 0.312. The fraction of sp³-hybridized carbons (Fsp3) is 0.471. The molecule has 0 radical (unpaired) electrons. The minimum absolute atomic E-state index is 0.0281. The lowest BCUT2D eigenvalue weighted by molar-refractivity contribution is 0.0478. The molecular weight excluding hydrogens is 306 g/mol.